The number of hydrogen-bond donors (Lipinski definition) is 2. The van der Waals surface area contributed by atoms with Gasteiger partial charge in [0.1, 0.15) is 0 Å². The standard InChI is InChI=1S/C14H19NO2/c1-10(7-14(16)17)9-15-13-6-5-11-3-2-4-12(11)8-13/h5-6,8,10,15H,2-4,7,9H2,1H3,(H,16,17). The Hall–Kier alpha value is -1.51. The van der Waals surface area contributed by atoms with E-state index in [1.54, 1.807) is 0 Å². The van der Waals surface area contributed by atoms with Crippen LogP contribution in [0, 0.1) is 5.92 Å². The number of aliphatic carboxylic acids is 1. The van der Waals surface area contributed by atoms with Gasteiger partial charge in [0, 0.05) is 18.7 Å². The molecule has 3 nitrogen and oxygen atoms in total. The topological polar surface area (TPSA) is 49.3 Å². The van der Waals surface area contributed by atoms with E-state index >= 15 is 0 Å². The summed E-state index contributed by atoms with van der Waals surface area (Å²) in [5.74, 6) is -0.575. The molecule has 0 saturated heterocycles. The van der Waals surface area contributed by atoms with Crippen molar-refractivity contribution in [2.45, 2.75) is 32.6 Å². The summed E-state index contributed by atoms with van der Waals surface area (Å²) >= 11 is 0. The molecule has 92 valence electrons. The molecule has 0 aliphatic heterocycles. The molecule has 1 unspecified atom stereocenters. The highest BCUT2D eigenvalue weighted by atomic mass is 16.4. The van der Waals surface area contributed by atoms with E-state index in [4.69, 9.17) is 5.11 Å². The fourth-order valence-corrected chi connectivity index (χ4v) is 2.34. The lowest BCUT2D eigenvalue weighted by atomic mass is 10.1. The maximum Gasteiger partial charge on any atom is 0.303 e. The lowest BCUT2D eigenvalue weighted by molar-refractivity contribution is -0.137. The van der Waals surface area contributed by atoms with Gasteiger partial charge in [-0.05, 0) is 48.4 Å². The maximum absolute atomic E-state index is 10.5. The molecule has 0 fully saturated rings. The lowest BCUT2D eigenvalue weighted by Crippen LogP contribution is -2.15. The molecule has 2 rings (SSSR count). The number of fused-ring (bicyclic) bond motifs is 1. The van der Waals surface area contributed by atoms with Crippen LogP contribution in [0.2, 0.25) is 0 Å². The first-order chi connectivity index (χ1) is 8.15. The Labute approximate surface area is 102 Å². The minimum absolute atomic E-state index is 0.153. The summed E-state index contributed by atoms with van der Waals surface area (Å²) in [6.45, 7) is 2.67. The predicted octanol–water partition coefficient (Wildman–Crippen LogP) is 2.70. The Bertz CT molecular complexity index is 415. The second-order valence-corrected chi connectivity index (χ2v) is 4.92. The number of carbonyl (C=O) groups is 1. The number of anilines is 1. The summed E-state index contributed by atoms with van der Waals surface area (Å²) < 4.78 is 0. The zero-order chi connectivity index (χ0) is 12.3. The van der Waals surface area contributed by atoms with Gasteiger partial charge in [0.15, 0.2) is 0 Å². The van der Waals surface area contributed by atoms with E-state index in [0.29, 0.717) is 6.54 Å². The highest BCUT2D eigenvalue weighted by Gasteiger charge is 2.11. The first-order valence-electron chi connectivity index (χ1n) is 6.22. The SMILES string of the molecule is CC(CNc1ccc2c(c1)CCC2)CC(=O)O. The third-order valence-electron chi connectivity index (χ3n) is 3.28. The Kier molecular flexibility index (Phi) is 3.67. The van der Waals surface area contributed by atoms with Crippen molar-refractivity contribution < 1.29 is 9.90 Å². The van der Waals surface area contributed by atoms with Crippen LogP contribution in [0.3, 0.4) is 0 Å². The Morgan fingerprint density at radius 2 is 2.18 bits per heavy atom. The van der Waals surface area contributed by atoms with Crippen LogP contribution >= 0.6 is 0 Å². The third kappa shape index (κ3) is 3.22. The number of benzene rings is 1. The van der Waals surface area contributed by atoms with Crippen LogP contribution in [0.15, 0.2) is 18.2 Å². The lowest BCUT2D eigenvalue weighted by Gasteiger charge is -2.12. The van der Waals surface area contributed by atoms with E-state index in [2.05, 4.69) is 23.5 Å². The maximum atomic E-state index is 10.5. The largest absolute Gasteiger partial charge is 0.481 e. The van der Waals surface area contributed by atoms with Crippen molar-refractivity contribution in [3.63, 3.8) is 0 Å². The van der Waals surface area contributed by atoms with Gasteiger partial charge in [0.05, 0.1) is 0 Å². The highest BCUT2D eigenvalue weighted by molar-refractivity contribution is 5.67. The van der Waals surface area contributed by atoms with Gasteiger partial charge in [-0.3, -0.25) is 4.79 Å². The van der Waals surface area contributed by atoms with Gasteiger partial charge in [-0.15, -0.1) is 0 Å². The molecule has 1 aliphatic carbocycles. The highest BCUT2D eigenvalue weighted by Crippen LogP contribution is 2.25. The smallest absolute Gasteiger partial charge is 0.303 e. The Balaban J connectivity index is 1.89. The monoisotopic (exact) mass is 233 g/mol. The van der Waals surface area contributed by atoms with Crippen molar-refractivity contribution in [3.05, 3.63) is 29.3 Å². The van der Waals surface area contributed by atoms with E-state index in [0.717, 1.165) is 5.69 Å². The molecule has 1 aromatic rings. The molecule has 3 heteroatoms. The van der Waals surface area contributed by atoms with Crippen LogP contribution in [0.25, 0.3) is 0 Å². The summed E-state index contributed by atoms with van der Waals surface area (Å²) in [5.41, 5.74) is 4.03. The molecule has 2 N–H and O–H groups in total. The number of carboxylic acid groups (broad SMARTS) is 1. The van der Waals surface area contributed by atoms with Gasteiger partial charge in [-0.1, -0.05) is 13.0 Å². The molecule has 0 heterocycles. The molecule has 1 atom stereocenters. The molecule has 1 aromatic carbocycles. The third-order valence-corrected chi connectivity index (χ3v) is 3.28. The zero-order valence-corrected chi connectivity index (χ0v) is 10.2. The Morgan fingerprint density at radius 1 is 1.41 bits per heavy atom. The van der Waals surface area contributed by atoms with Gasteiger partial charge in [-0.2, -0.15) is 0 Å². The molecule has 1 aliphatic rings. The minimum Gasteiger partial charge on any atom is -0.481 e. The quantitative estimate of drug-likeness (QED) is 0.822. The van der Waals surface area contributed by atoms with Crippen molar-refractivity contribution in [2.75, 3.05) is 11.9 Å². The van der Waals surface area contributed by atoms with Crippen LogP contribution < -0.4 is 5.32 Å². The van der Waals surface area contributed by atoms with Crippen LogP contribution in [0.4, 0.5) is 5.69 Å². The van der Waals surface area contributed by atoms with Crippen LogP contribution in [-0.4, -0.2) is 17.6 Å². The molecule has 0 amide bonds. The van der Waals surface area contributed by atoms with Crippen LogP contribution in [-0.2, 0) is 17.6 Å². The molecule has 0 aromatic heterocycles. The van der Waals surface area contributed by atoms with Crippen LogP contribution in [0.5, 0.6) is 0 Å². The van der Waals surface area contributed by atoms with Crippen molar-refractivity contribution in [1.82, 2.24) is 0 Å². The number of rotatable bonds is 5. The summed E-state index contributed by atoms with van der Waals surface area (Å²) in [7, 11) is 0. The molecular formula is C14H19NO2. The van der Waals surface area contributed by atoms with Gasteiger partial charge in [-0.25, -0.2) is 0 Å². The number of aryl methyl sites for hydroxylation is 2. The molecule has 0 bridgehead atoms. The molecule has 0 saturated carbocycles. The Morgan fingerprint density at radius 3 is 2.94 bits per heavy atom. The van der Waals surface area contributed by atoms with E-state index in [1.807, 2.05) is 6.92 Å². The van der Waals surface area contributed by atoms with Gasteiger partial charge in [0.2, 0.25) is 0 Å². The predicted molar refractivity (Wildman–Crippen MR) is 68.4 cm³/mol. The average molecular weight is 233 g/mol. The van der Waals surface area contributed by atoms with Crippen molar-refractivity contribution >= 4 is 11.7 Å². The first-order valence-corrected chi connectivity index (χ1v) is 6.22. The average Bonchev–Trinajstić information content (AvgIpc) is 2.72. The summed E-state index contributed by atoms with van der Waals surface area (Å²) in [6.07, 6.45) is 3.85. The summed E-state index contributed by atoms with van der Waals surface area (Å²) in [5, 5.41) is 12.0. The fourth-order valence-electron chi connectivity index (χ4n) is 2.34. The second kappa shape index (κ2) is 5.21. The van der Waals surface area contributed by atoms with E-state index < -0.39 is 5.97 Å². The van der Waals surface area contributed by atoms with E-state index in [9.17, 15) is 4.79 Å². The minimum atomic E-state index is -0.728. The number of nitrogens with one attached hydrogen (secondary N) is 1. The van der Waals surface area contributed by atoms with Crippen molar-refractivity contribution in [3.8, 4) is 0 Å². The van der Waals surface area contributed by atoms with Gasteiger partial charge in [0.25, 0.3) is 0 Å². The van der Waals surface area contributed by atoms with Gasteiger partial charge < -0.3 is 10.4 Å². The van der Waals surface area contributed by atoms with Crippen LogP contribution in [0.1, 0.15) is 30.9 Å². The summed E-state index contributed by atoms with van der Waals surface area (Å²) in [4.78, 5) is 10.5. The molecular weight excluding hydrogens is 214 g/mol. The van der Waals surface area contributed by atoms with E-state index in [1.165, 1.54) is 30.4 Å². The fraction of sp³-hybridized carbons (Fsp3) is 0.500. The number of carboxylic acids is 1. The normalized spacial score (nSPS) is 15.4. The van der Waals surface area contributed by atoms with E-state index in [-0.39, 0.29) is 12.3 Å². The van der Waals surface area contributed by atoms with Crippen molar-refractivity contribution in [1.29, 1.82) is 0 Å². The summed E-state index contributed by atoms with van der Waals surface area (Å²) in [6, 6.07) is 6.49. The second-order valence-electron chi connectivity index (χ2n) is 4.92. The molecule has 0 spiro atoms. The van der Waals surface area contributed by atoms with Gasteiger partial charge >= 0.3 is 5.97 Å². The number of hydrogen-bond acceptors (Lipinski definition) is 2. The molecule has 0 radical (unpaired) electrons. The zero-order valence-electron chi connectivity index (χ0n) is 10.2. The van der Waals surface area contributed by atoms with Crippen molar-refractivity contribution in [2.24, 2.45) is 5.92 Å². The molecule has 17 heavy (non-hydrogen) atoms. The first kappa shape index (κ1) is 12.0.